The summed E-state index contributed by atoms with van der Waals surface area (Å²) in [6.07, 6.45) is 0.504. The Balaban J connectivity index is 2.07. The topological polar surface area (TPSA) is 75.1 Å². The second kappa shape index (κ2) is 7.70. The molecule has 0 aliphatic carbocycles. The molecule has 2 aromatic carbocycles. The molecular formula is C20H20ClN3O2. The van der Waals surface area contributed by atoms with Crippen LogP contribution in [0.5, 0.6) is 0 Å². The minimum Gasteiger partial charge on any atom is -0.480 e. The Labute approximate surface area is 157 Å². The van der Waals surface area contributed by atoms with Gasteiger partial charge >= 0.3 is 5.97 Å². The molecular weight excluding hydrogens is 350 g/mol. The molecule has 0 radical (unpaired) electrons. The number of halogens is 1. The standard InChI is InChI=1S/C20H20ClN3O2/c1-12(2)11-17(20(25)26)23-19-15-5-3-4-6-16(15)22-18(24-19)13-7-9-14(21)10-8-13/h3-10,12,17H,11H2,1-2H3,(H,25,26)(H,22,23,24)/t17-/m0/s1. The van der Waals surface area contributed by atoms with Gasteiger partial charge in [0, 0.05) is 16.0 Å². The van der Waals surface area contributed by atoms with Gasteiger partial charge in [-0.25, -0.2) is 14.8 Å². The average Bonchev–Trinajstić information content (AvgIpc) is 2.61. The second-order valence-corrected chi connectivity index (χ2v) is 7.02. The van der Waals surface area contributed by atoms with Crippen molar-refractivity contribution in [2.45, 2.75) is 26.3 Å². The van der Waals surface area contributed by atoms with Crippen LogP contribution in [0.4, 0.5) is 5.82 Å². The quantitative estimate of drug-likeness (QED) is 0.648. The lowest BCUT2D eigenvalue weighted by Gasteiger charge is -2.18. The van der Waals surface area contributed by atoms with Gasteiger partial charge in [0.1, 0.15) is 11.9 Å². The zero-order valence-corrected chi connectivity index (χ0v) is 15.4. The van der Waals surface area contributed by atoms with Gasteiger partial charge in [0.25, 0.3) is 0 Å². The highest BCUT2D eigenvalue weighted by Gasteiger charge is 2.21. The van der Waals surface area contributed by atoms with Crippen molar-refractivity contribution >= 4 is 34.3 Å². The number of aliphatic carboxylic acids is 1. The normalized spacial score (nSPS) is 12.3. The molecule has 0 amide bonds. The van der Waals surface area contributed by atoms with Gasteiger partial charge in [0.05, 0.1) is 5.52 Å². The number of para-hydroxylation sites is 1. The number of benzene rings is 2. The molecule has 0 saturated carbocycles. The first-order chi connectivity index (χ1) is 12.4. The molecule has 0 bridgehead atoms. The summed E-state index contributed by atoms with van der Waals surface area (Å²) in [5.74, 6) is 0.395. The lowest BCUT2D eigenvalue weighted by Crippen LogP contribution is -2.31. The number of aromatic nitrogens is 2. The zero-order chi connectivity index (χ0) is 18.7. The van der Waals surface area contributed by atoms with Crippen LogP contribution in [0.1, 0.15) is 20.3 Å². The molecule has 26 heavy (non-hydrogen) atoms. The van der Waals surface area contributed by atoms with Crippen LogP contribution in [-0.2, 0) is 4.79 Å². The highest BCUT2D eigenvalue weighted by molar-refractivity contribution is 6.30. The molecule has 0 fully saturated rings. The molecule has 2 N–H and O–H groups in total. The number of rotatable bonds is 6. The molecule has 3 aromatic rings. The van der Waals surface area contributed by atoms with E-state index in [0.717, 1.165) is 16.5 Å². The van der Waals surface area contributed by atoms with Gasteiger partial charge in [-0.15, -0.1) is 0 Å². The van der Waals surface area contributed by atoms with Crippen molar-refractivity contribution in [3.8, 4) is 11.4 Å². The number of carboxylic acid groups (broad SMARTS) is 1. The van der Waals surface area contributed by atoms with Crippen molar-refractivity contribution in [1.29, 1.82) is 0 Å². The largest absolute Gasteiger partial charge is 0.480 e. The zero-order valence-electron chi connectivity index (χ0n) is 14.6. The molecule has 0 aliphatic rings. The number of fused-ring (bicyclic) bond motifs is 1. The van der Waals surface area contributed by atoms with Crippen LogP contribution in [-0.4, -0.2) is 27.1 Å². The molecule has 3 rings (SSSR count). The molecule has 0 spiro atoms. The first-order valence-corrected chi connectivity index (χ1v) is 8.84. The van der Waals surface area contributed by atoms with E-state index in [1.807, 2.05) is 50.2 Å². The van der Waals surface area contributed by atoms with Gasteiger partial charge in [0.2, 0.25) is 0 Å². The van der Waals surface area contributed by atoms with Gasteiger partial charge in [-0.3, -0.25) is 0 Å². The highest BCUT2D eigenvalue weighted by atomic mass is 35.5. The van der Waals surface area contributed by atoms with Crippen LogP contribution in [0.2, 0.25) is 5.02 Å². The SMILES string of the molecule is CC(C)C[C@H](Nc1nc(-c2ccc(Cl)cc2)nc2ccccc12)C(=O)O. The lowest BCUT2D eigenvalue weighted by molar-refractivity contribution is -0.138. The Bertz CT molecular complexity index is 926. The third-order valence-electron chi connectivity index (χ3n) is 4.02. The fourth-order valence-electron chi connectivity index (χ4n) is 2.77. The number of hydrogen-bond acceptors (Lipinski definition) is 4. The third kappa shape index (κ3) is 4.11. The summed E-state index contributed by atoms with van der Waals surface area (Å²) in [6.45, 7) is 3.99. The minimum absolute atomic E-state index is 0.243. The molecule has 1 aromatic heterocycles. The molecule has 0 aliphatic heterocycles. The average molecular weight is 370 g/mol. The third-order valence-corrected chi connectivity index (χ3v) is 4.27. The molecule has 1 atom stereocenters. The maximum Gasteiger partial charge on any atom is 0.326 e. The van der Waals surface area contributed by atoms with Crippen LogP contribution in [0.25, 0.3) is 22.3 Å². The van der Waals surface area contributed by atoms with Crippen LogP contribution in [0, 0.1) is 5.92 Å². The lowest BCUT2D eigenvalue weighted by atomic mass is 10.0. The molecule has 0 unspecified atom stereocenters. The van der Waals surface area contributed by atoms with E-state index in [0.29, 0.717) is 23.1 Å². The van der Waals surface area contributed by atoms with Crippen molar-refractivity contribution in [3.63, 3.8) is 0 Å². The number of anilines is 1. The van der Waals surface area contributed by atoms with Crippen molar-refractivity contribution in [3.05, 3.63) is 53.6 Å². The second-order valence-electron chi connectivity index (χ2n) is 6.58. The first-order valence-electron chi connectivity index (χ1n) is 8.46. The van der Waals surface area contributed by atoms with Crippen molar-refractivity contribution in [2.75, 3.05) is 5.32 Å². The number of nitrogens with zero attached hydrogens (tertiary/aromatic N) is 2. The van der Waals surface area contributed by atoms with E-state index in [9.17, 15) is 9.90 Å². The van der Waals surface area contributed by atoms with Crippen molar-refractivity contribution in [2.24, 2.45) is 5.92 Å². The molecule has 5 nitrogen and oxygen atoms in total. The number of carbonyl (C=O) groups is 1. The van der Waals surface area contributed by atoms with Gasteiger partial charge in [-0.1, -0.05) is 37.6 Å². The van der Waals surface area contributed by atoms with Gasteiger partial charge in [-0.2, -0.15) is 0 Å². The van der Waals surface area contributed by atoms with E-state index >= 15 is 0 Å². The van der Waals surface area contributed by atoms with Crippen molar-refractivity contribution in [1.82, 2.24) is 9.97 Å². The van der Waals surface area contributed by atoms with Crippen LogP contribution in [0.3, 0.4) is 0 Å². The Morgan fingerprint density at radius 2 is 1.81 bits per heavy atom. The Morgan fingerprint density at radius 3 is 2.46 bits per heavy atom. The maximum absolute atomic E-state index is 11.6. The van der Waals surface area contributed by atoms with Crippen LogP contribution in [0.15, 0.2) is 48.5 Å². The molecule has 134 valence electrons. The highest BCUT2D eigenvalue weighted by Crippen LogP contribution is 2.26. The fourth-order valence-corrected chi connectivity index (χ4v) is 2.90. The Hall–Kier alpha value is -2.66. The van der Waals surface area contributed by atoms with Gasteiger partial charge in [0.15, 0.2) is 5.82 Å². The van der Waals surface area contributed by atoms with Gasteiger partial charge in [-0.05, 0) is 48.7 Å². The molecule has 1 heterocycles. The summed E-state index contributed by atoms with van der Waals surface area (Å²) in [5.41, 5.74) is 1.57. The van der Waals surface area contributed by atoms with E-state index in [-0.39, 0.29) is 5.92 Å². The summed E-state index contributed by atoms with van der Waals surface area (Å²) in [4.78, 5) is 20.9. The Kier molecular flexibility index (Phi) is 5.38. The predicted molar refractivity (Wildman–Crippen MR) is 104 cm³/mol. The summed E-state index contributed by atoms with van der Waals surface area (Å²) in [6, 6.07) is 14.1. The molecule has 6 heteroatoms. The predicted octanol–water partition coefficient (Wildman–Crippen LogP) is 4.86. The fraction of sp³-hybridized carbons (Fsp3) is 0.250. The van der Waals surface area contributed by atoms with E-state index in [2.05, 4.69) is 15.3 Å². The van der Waals surface area contributed by atoms with E-state index < -0.39 is 12.0 Å². The summed E-state index contributed by atoms with van der Waals surface area (Å²) in [7, 11) is 0. The first kappa shape index (κ1) is 18.1. The van der Waals surface area contributed by atoms with Crippen molar-refractivity contribution < 1.29 is 9.90 Å². The monoisotopic (exact) mass is 369 g/mol. The number of carboxylic acids is 1. The summed E-state index contributed by atoms with van der Waals surface area (Å²) in [5, 5.41) is 14.1. The summed E-state index contributed by atoms with van der Waals surface area (Å²) >= 11 is 5.96. The van der Waals surface area contributed by atoms with Gasteiger partial charge < -0.3 is 10.4 Å². The smallest absolute Gasteiger partial charge is 0.326 e. The minimum atomic E-state index is -0.894. The maximum atomic E-state index is 11.6. The van der Waals surface area contributed by atoms with E-state index in [1.54, 1.807) is 12.1 Å². The summed E-state index contributed by atoms with van der Waals surface area (Å²) < 4.78 is 0. The number of nitrogens with one attached hydrogen (secondary N) is 1. The van der Waals surface area contributed by atoms with E-state index in [1.165, 1.54) is 0 Å². The number of hydrogen-bond donors (Lipinski definition) is 2. The Morgan fingerprint density at radius 1 is 1.12 bits per heavy atom. The van der Waals surface area contributed by atoms with Crippen LogP contribution >= 0.6 is 11.6 Å². The van der Waals surface area contributed by atoms with Crippen LogP contribution < -0.4 is 5.32 Å². The van der Waals surface area contributed by atoms with E-state index in [4.69, 9.17) is 11.6 Å². The molecule has 0 saturated heterocycles.